The highest BCUT2D eigenvalue weighted by Gasteiger charge is 2.39. The summed E-state index contributed by atoms with van der Waals surface area (Å²) in [6.45, 7) is 1.81. The number of nitrogens with one attached hydrogen (secondary N) is 1. The first kappa shape index (κ1) is 15.7. The number of amides is 2. The molecule has 2 rings (SSSR count). The molecule has 1 aromatic carbocycles. The van der Waals surface area contributed by atoms with E-state index >= 15 is 0 Å². The molecular formula is C12H12ClIN2O3S. The number of halogens is 2. The fourth-order valence-electron chi connectivity index (χ4n) is 1.91. The second kappa shape index (κ2) is 6.40. The van der Waals surface area contributed by atoms with Crippen molar-refractivity contribution in [1.82, 2.24) is 4.90 Å². The van der Waals surface area contributed by atoms with E-state index in [1.54, 1.807) is 12.1 Å². The van der Waals surface area contributed by atoms with Gasteiger partial charge in [-0.1, -0.05) is 11.6 Å². The summed E-state index contributed by atoms with van der Waals surface area (Å²) in [5.74, 6) is -0.602. The van der Waals surface area contributed by atoms with Gasteiger partial charge in [0, 0.05) is 9.32 Å². The monoisotopic (exact) mass is 426 g/mol. The van der Waals surface area contributed by atoms with Crippen molar-refractivity contribution < 1.29 is 14.7 Å². The minimum absolute atomic E-state index is 0.182. The predicted octanol–water partition coefficient (Wildman–Crippen LogP) is 3.32. The fraction of sp³-hybridized carbons (Fsp3) is 0.333. The molecule has 0 spiro atoms. The number of hydrogen-bond donors (Lipinski definition) is 2. The lowest BCUT2D eigenvalue weighted by molar-refractivity contribution is -0.141. The van der Waals surface area contributed by atoms with E-state index < -0.39 is 18.0 Å². The molecule has 1 fully saturated rings. The zero-order chi connectivity index (χ0) is 14.9. The molecule has 8 heteroatoms. The molecule has 2 amide bonds. The van der Waals surface area contributed by atoms with Crippen LogP contribution in [0.2, 0.25) is 5.02 Å². The average molecular weight is 427 g/mol. The van der Waals surface area contributed by atoms with Gasteiger partial charge in [0.1, 0.15) is 6.04 Å². The molecule has 2 N–H and O–H groups in total. The maximum Gasteiger partial charge on any atom is 0.327 e. The van der Waals surface area contributed by atoms with E-state index in [0.29, 0.717) is 16.5 Å². The molecule has 5 nitrogen and oxygen atoms in total. The topological polar surface area (TPSA) is 69.6 Å². The third kappa shape index (κ3) is 3.32. The maximum atomic E-state index is 12.3. The van der Waals surface area contributed by atoms with Gasteiger partial charge in [-0.2, -0.15) is 0 Å². The third-order valence-electron chi connectivity index (χ3n) is 2.92. The quantitative estimate of drug-likeness (QED) is 0.712. The van der Waals surface area contributed by atoms with Gasteiger partial charge in [-0.15, -0.1) is 11.8 Å². The third-order valence-corrected chi connectivity index (χ3v) is 5.12. The number of thioether (sulfide) groups is 1. The smallest absolute Gasteiger partial charge is 0.327 e. The fourth-order valence-corrected chi connectivity index (χ4v) is 3.98. The molecular weight excluding hydrogens is 415 g/mol. The number of urea groups is 1. The van der Waals surface area contributed by atoms with Crippen molar-refractivity contribution in [3.63, 3.8) is 0 Å². The van der Waals surface area contributed by atoms with Crippen molar-refractivity contribution in [2.45, 2.75) is 18.3 Å². The van der Waals surface area contributed by atoms with Gasteiger partial charge in [0.25, 0.3) is 0 Å². The maximum absolute atomic E-state index is 12.3. The van der Waals surface area contributed by atoms with Crippen molar-refractivity contribution in [3.8, 4) is 0 Å². The molecule has 1 heterocycles. The summed E-state index contributed by atoms with van der Waals surface area (Å²) in [5, 5.41) is 12.1. The van der Waals surface area contributed by atoms with E-state index in [1.807, 2.05) is 13.0 Å². The number of carbonyl (C=O) groups is 2. The first-order chi connectivity index (χ1) is 9.40. The Kier molecular flexibility index (Phi) is 5.03. The van der Waals surface area contributed by atoms with Crippen LogP contribution in [0.4, 0.5) is 10.5 Å². The van der Waals surface area contributed by atoms with Crippen LogP contribution in [0.1, 0.15) is 6.92 Å². The zero-order valence-corrected chi connectivity index (χ0v) is 14.2. The second-order valence-corrected chi connectivity index (χ2v) is 7.25. The van der Waals surface area contributed by atoms with Gasteiger partial charge in [-0.3, -0.25) is 4.90 Å². The molecule has 1 aliphatic rings. The number of anilines is 1. The Morgan fingerprint density at radius 1 is 1.55 bits per heavy atom. The van der Waals surface area contributed by atoms with Gasteiger partial charge in [0.2, 0.25) is 0 Å². The van der Waals surface area contributed by atoms with Gasteiger partial charge >= 0.3 is 12.0 Å². The Balaban J connectivity index is 2.16. The van der Waals surface area contributed by atoms with Gasteiger partial charge in [-0.05, 0) is 47.7 Å². The summed E-state index contributed by atoms with van der Waals surface area (Å²) in [4.78, 5) is 24.8. The van der Waals surface area contributed by atoms with Gasteiger partial charge in [0.15, 0.2) is 0 Å². The molecule has 20 heavy (non-hydrogen) atoms. The van der Waals surface area contributed by atoms with Crippen LogP contribution >= 0.6 is 46.0 Å². The van der Waals surface area contributed by atoms with Crippen molar-refractivity contribution in [2.75, 3.05) is 11.1 Å². The van der Waals surface area contributed by atoms with Gasteiger partial charge in [0.05, 0.1) is 16.1 Å². The second-order valence-electron chi connectivity index (χ2n) is 4.25. The van der Waals surface area contributed by atoms with Gasteiger partial charge in [-0.25, -0.2) is 9.59 Å². The molecule has 1 saturated heterocycles. The van der Waals surface area contributed by atoms with Crippen LogP contribution in [-0.4, -0.2) is 39.2 Å². The van der Waals surface area contributed by atoms with E-state index in [2.05, 4.69) is 27.9 Å². The molecule has 0 saturated carbocycles. The molecule has 0 radical (unpaired) electrons. The standard InChI is InChI=1S/C12H12ClIN2O3S/c1-6-16(10(5-20-6)11(17)18)12(19)15-9-3-2-7(14)4-8(9)13/h2-4,6,10H,5H2,1H3,(H,15,19)(H,17,18). The molecule has 2 unspecified atom stereocenters. The minimum atomic E-state index is -0.995. The normalized spacial score (nSPS) is 21.9. The molecule has 1 aliphatic heterocycles. The minimum Gasteiger partial charge on any atom is -0.480 e. The van der Waals surface area contributed by atoms with Gasteiger partial charge < -0.3 is 10.4 Å². The van der Waals surface area contributed by atoms with Crippen LogP contribution in [-0.2, 0) is 4.79 Å². The van der Waals surface area contributed by atoms with Crippen LogP contribution in [0.3, 0.4) is 0 Å². The summed E-state index contributed by atoms with van der Waals surface area (Å²) >= 11 is 9.61. The van der Waals surface area contributed by atoms with Crippen molar-refractivity contribution in [1.29, 1.82) is 0 Å². The molecule has 2 atom stereocenters. The molecule has 0 aliphatic carbocycles. The highest BCUT2D eigenvalue weighted by atomic mass is 127. The number of nitrogens with zero attached hydrogens (tertiary/aromatic N) is 1. The van der Waals surface area contributed by atoms with E-state index in [9.17, 15) is 9.59 Å². The number of aliphatic carboxylic acids is 1. The van der Waals surface area contributed by atoms with Crippen LogP contribution in [0, 0.1) is 3.57 Å². The lowest BCUT2D eigenvalue weighted by Gasteiger charge is -2.25. The Hall–Kier alpha value is -0.670. The zero-order valence-electron chi connectivity index (χ0n) is 10.5. The summed E-state index contributed by atoms with van der Waals surface area (Å²) in [6.07, 6.45) is 0. The molecule has 108 valence electrons. The average Bonchev–Trinajstić information content (AvgIpc) is 2.75. The molecule has 1 aromatic rings. The Morgan fingerprint density at radius 2 is 2.25 bits per heavy atom. The highest BCUT2D eigenvalue weighted by molar-refractivity contribution is 14.1. The van der Waals surface area contributed by atoms with E-state index in [0.717, 1.165) is 3.57 Å². The Morgan fingerprint density at radius 3 is 2.85 bits per heavy atom. The molecule has 0 bridgehead atoms. The first-order valence-corrected chi connectivity index (χ1v) is 8.29. The predicted molar refractivity (Wildman–Crippen MR) is 88.4 cm³/mol. The summed E-state index contributed by atoms with van der Waals surface area (Å²) in [7, 11) is 0. The Bertz CT molecular complexity index is 558. The number of hydrogen-bond acceptors (Lipinski definition) is 3. The number of carbonyl (C=O) groups excluding carboxylic acids is 1. The van der Waals surface area contributed by atoms with Crippen LogP contribution in [0.25, 0.3) is 0 Å². The Labute approximate surface area is 139 Å². The van der Waals surface area contributed by atoms with E-state index in [-0.39, 0.29) is 5.37 Å². The van der Waals surface area contributed by atoms with Crippen LogP contribution < -0.4 is 5.32 Å². The largest absolute Gasteiger partial charge is 0.480 e. The lowest BCUT2D eigenvalue weighted by Crippen LogP contribution is -2.46. The lowest BCUT2D eigenvalue weighted by atomic mass is 10.3. The number of carboxylic acid groups (broad SMARTS) is 1. The SMILES string of the molecule is CC1SCC(C(=O)O)N1C(=O)Nc1ccc(I)cc1Cl. The first-order valence-electron chi connectivity index (χ1n) is 5.79. The van der Waals surface area contributed by atoms with Crippen molar-refractivity contribution >= 4 is 63.6 Å². The summed E-state index contributed by atoms with van der Waals surface area (Å²) in [5.41, 5.74) is 0.477. The van der Waals surface area contributed by atoms with Crippen LogP contribution in [0.5, 0.6) is 0 Å². The van der Waals surface area contributed by atoms with Crippen LogP contribution in [0.15, 0.2) is 18.2 Å². The molecule has 0 aromatic heterocycles. The summed E-state index contributed by atoms with van der Waals surface area (Å²) in [6, 6.07) is 4.00. The number of benzene rings is 1. The van der Waals surface area contributed by atoms with E-state index in [1.165, 1.54) is 16.7 Å². The van der Waals surface area contributed by atoms with Crippen molar-refractivity contribution in [2.24, 2.45) is 0 Å². The number of carboxylic acids is 1. The van der Waals surface area contributed by atoms with E-state index in [4.69, 9.17) is 16.7 Å². The highest BCUT2D eigenvalue weighted by Crippen LogP contribution is 2.30. The van der Waals surface area contributed by atoms with Crippen molar-refractivity contribution in [3.05, 3.63) is 26.8 Å². The number of rotatable bonds is 2. The summed E-state index contributed by atoms with van der Waals surface area (Å²) < 4.78 is 0.958.